The summed E-state index contributed by atoms with van der Waals surface area (Å²) < 4.78 is 97.5. The van der Waals surface area contributed by atoms with Crippen LogP contribution in [0.1, 0.15) is 243 Å². The van der Waals surface area contributed by atoms with Gasteiger partial charge in [-0.3, -0.25) is 0 Å². The first kappa shape index (κ1) is 50.4. The van der Waals surface area contributed by atoms with E-state index in [4.69, 9.17) is 4.74 Å². The van der Waals surface area contributed by atoms with Gasteiger partial charge in [-0.05, 0) is 137 Å². The molecule has 0 radical (unpaired) electrons. The number of hydrogen-bond donors (Lipinski definition) is 0. The quantitative estimate of drug-likeness (QED) is 0.0580. The van der Waals surface area contributed by atoms with Gasteiger partial charge in [-0.1, -0.05) is 154 Å². The molecule has 0 spiro atoms. The van der Waals surface area contributed by atoms with Gasteiger partial charge in [-0.15, -0.1) is 0 Å². The van der Waals surface area contributed by atoms with Crippen molar-refractivity contribution < 1.29 is 31.1 Å². The van der Waals surface area contributed by atoms with E-state index >= 15 is 17.6 Å². The minimum atomic E-state index is -1.55. The average Bonchev–Trinajstić information content (AvgIpc) is 3.31. The minimum Gasteiger partial charge on any atom is -0.365 e. The number of hydrogen-bond acceptors (Lipinski definition) is 1. The average molecular weight is 887 g/mol. The lowest BCUT2D eigenvalue weighted by atomic mass is 9.67. The first-order valence-electron chi connectivity index (χ1n) is 26.6. The zero-order valence-corrected chi connectivity index (χ0v) is 39.4. The lowest BCUT2D eigenvalue weighted by Crippen LogP contribution is -2.32. The van der Waals surface area contributed by atoms with Crippen molar-refractivity contribution in [1.29, 1.82) is 0 Å². The van der Waals surface area contributed by atoms with Crippen LogP contribution in [0.4, 0.5) is 26.3 Å². The molecule has 0 aliphatic heterocycles. The van der Waals surface area contributed by atoms with Gasteiger partial charge in [0.1, 0.15) is 0 Å². The molecule has 0 aromatic heterocycles. The van der Waals surface area contributed by atoms with Crippen LogP contribution in [0, 0.1) is 82.2 Å². The molecule has 1 nitrogen and oxygen atoms in total. The summed E-state index contributed by atoms with van der Waals surface area (Å²) in [6.45, 7) is 4.52. The third-order valence-electron chi connectivity index (χ3n) is 17.1. The Labute approximate surface area is 379 Å². The van der Waals surface area contributed by atoms with Crippen molar-refractivity contribution in [3.63, 3.8) is 0 Å². The van der Waals surface area contributed by atoms with Gasteiger partial charge in [0.15, 0.2) is 34.9 Å². The van der Waals surface area contributed by atoms with Crippen LogP contribution in [0.2, 0.25) is 0 Å². The highest BCUT2D eigenvalue weighted by Crippen LogP contribution is 2.51. The van der Waals surface area contributed by atoms with E-state index in [0.717, 1.165) is 75.3 Å². The standard InChI is InChI=1S/C56H84F6O/c1-3-5-7-9-11-13-15-17-39-19-23-41(24-20-39)43-27-31-45(32-28-43)55(47-35-37-49(57)53(61)51(47)59)63-56(48-36-38-50(58)54(62)52(48)60)46-33-29-44(30-34-46)42-25-21-40(22-26-42)18-16-14-12-10-8-6-4-2/h35-46,55-56H,3-34H2,1-2H3/t39-,40-,41-,42-,43-,44-,45-,46-,55?,56?. The molecule has 356 valence electrons. The number of unbranched alkanes of at least 4 members (excludes halogenated alkanes) is 12. The number of benzene rings is 2. The van der Waals surface area contributed by atoms with Gasteiger partial charge in [0, 0.05) is 11.1 Å². The van der Waals surface area contributed by atoms with Crippen LogP contribution in [0.3, 0.4) is 0 Å². The smallest absolute Gasteiger partial charge is 0.194 e. The Bertz CT molecular complexity index is 1480. The zero-order valence-electron chi connectivity index (χ0n) is 39.4. The molecule has 6 rings (SSSR count). The van der Waals surface area contributed by atoms with Crippen LogP contribution in [-0.4, -0.2) is 0 Å². The van der Waals surface area contributed by atoms with Crippen molar-refractivity contribution in [2.75, 3.05) is 0 Å². The maximum absolute atomic E-state index is 15.9. The second-order valence-corrected chi connectivity index (χ2v) is 21.2. The molecule has 63 heavy (non-hydrogen) atoms. The Kier molecular flexibility index (Phi) is 21.1. The third-order valence-corrected chi connectivity index (χ3v) is 17.1. The fourth-order valence-corrected chi connectivity index (χ4v) is 13.1. The van der Waals surface area contributed by atoms with Crippen molar-refractivity contribution in [3.05, 3.63) is 70.3 Å². The number of halogens is 6. The van der Waals surface area contributed by atoms with Gasteiger partial charge in [0.2, 0.25) is 0 Å². The monoisotopic (exact) mass is 887 g/mol. The molecule has 4 fully saturated rings. The summed E-state index contributed by atoms with van der Waals surface area (Å²) in [5.41, 5.74) is -0.142. The Morgan fingerprint density at radius 1 is 0.381 bits per heavy atom. The normalized spacial score (nSPS) is 27.9. The SMILES string of the molecule is CCCCCCCCC[C@H]1CC[C@H]([C@H]2CC[C@H](C(OC(c3ccc(F)c(F)c3F)[C@H]3CC[C@H]([C@H]4CC[C@H](CCCCCCCCC)CC4)CC3)c3ccc(F)c(F)c3F)CC2)CC1. The van der Waals surface area contributed by atoms with Crippen molar-refractivity contribution >= 4 is 0 Å². The van der Waals surface area contributed by atoms with E-state index in [1.165, 1.54) is 166 Å². The van der Waals surface area contributed by atoms with Gasteiger partial charge in [0.25, 0.3) is 0 Å². The molecule has 4 aliphatic rings. The summed E-state index contributed by atoms with van der Waals surface area (Å²) >= 11 is 0. The van der Waals surface area contributed by atoms with E-state index in [-0.39, 0.29) is 23.0 Å². The van der Waals surface area contributed by atoms with Gasteiger partial charge in [0.05, 0.1) is 12.2 Å². The number of ether oxygens (including phenoxy) is 1. The van der Waals surface area contributed by atoms with E-state index in [0.29, 0.717) is 23.7 Å². The predicted octanol–water partition coefficient (Wildman–Crippen LogP) is 18.8. The highest BCUT2D eigenvalue weighted by Gasteiger charge is 2.41. The Morgan fingerprint density at radius 2 is 0.683 bits per heavy atom. The van der Waals surface area contributed by atoms with Gasteiger partial charge in [-0.25, -0.2) is 26.3 Å². The molecule has 7 heteroatoms. The molecule has 0 N–H and O–H groups in total. The molecular weight excluding hydrogens is 803 g/mol. The fraction of sp³-hybridized carbons (Fsp3) is 0.786. The summed E-state index contributed by atoms with van der Waals surface area (Å²) in [5.74, 6) is -4.52. The minimum absolute atomic E-state index is 0.0712. The summed E-state index contributed by atoms with van der Waals surface area (Å²) in [4.78, 5) is 0. The van der Waals surface area contributed by atoms with Crippen LogP contribution >= 0.6 is 0 Å². The molecule has 0 amide bonds. The Hall–Kier alpha value is -2.02. The first-order valence-corrected chi connectivity index (χ1v) is 26.6. The Morgan fingerprint density at radius 3 is 1.02 bits per heavy atom. The number of rotatable bonds is 24. The van der Waals surface area contributed by atoms with Crippen LogP contribution in [0.25, 0.3) is 0 Å². The van der Waals surface area contributed by atoms with Gasteiger partial charge < -0.3 is 4.74 Å². The van der Waals surface area contributed by atoms with Crippen molar-refractivity contribution in [2.45, 2.75) is 232 Å². The second-order valence-electron chi connectivity index (χ2n) is 21.2. The summed E-state index contributed by atoms with van der Waals surface area (Å²) in [6, 6.07) is 4.44. The van der Waals surface area contributed by atoms with Crippen molar-refractivity contribution in [3.8, 4) is 0 Å². The van der Waals surface area contributed by atoms with E-state index in [1.54, 1.807) is 0 Å². The molecule has 2 aromatic carbocycles. The van der Waals surface area contributed by atoms with E-state index in [2.05, 4.69) is 13.8 Å². The van der Waals surface area contributed by atoms with Gasteiger partial charge >= 0.3 is 0 Å². The fourth-order valence-electron chi connectivity index (χ4n) is 13.1. The van der Waals surface area contributed by atoms with Crippen LogP contribution in [-0.2, 0) is 4.74 Å². The lowest BCUT2D eigenvalue weighted by molar-refractivity contribution is -0.0963. The molecule has 0 bridgehead atoms. The zero-order chi connectivity index (χ0) is 44.6. The molecule has 4 saturated carbocycles. The predicted molar refractivity (Wildman–Crippen MR) is 246 cm³/mol. The Balaban J connectivity index is 1.08. The topological polar surface area (TPSA) is 9.23 Å². The van der Waals surface area contributed by atoms with Gasteiger partial charge in [-0.2, -0.15) is 0 Å². The molecule has 2 unspecified atom stereocenters. The van der Waals surface area contributed by atoms with E-state index in [9.17, 15) is 8.78 Å². The molecule has 0 saturated heterocycles. The van der Waals surface area contributed by atoms with Crippen LogP contribution in [0.5, 0.6) is 0 Å². The molecular formula is C56H84F6O. The molecule has 4 aliphatic carbocycles. The second kappa shape index (κ2) is 26.4. The van der Waals surface area contributed by atoms with Crippen LogP contribution in [0.15, 0.2) is 24.3 Å². The summed E-state index contributed by atoms with van der Waals surface area (Å²) in [5, 5.41) is 0. The highest BCUT2D eigenvalue weighted by atomic mass is 19.2. The van der Waals surface area contributed by atoms with E-state index < -0.39 is 47.1 Å². The largest absolute Gasteiger partial charge is 0.365 e. The maximum Gasteiger partial charge on any atom is 0.194 e. The summed E-state index contributed by atoms with van der Waals surface area (Å²) in [6.07, 6.45) is 36.3. The first-order chi connectivity index (χ1) is 30.7. The molecule has 0 heterocycles. The molecule has 2 aromatic rings. The third kappa shape index (κ3) is 14.5. The highest BCUT2D eigenvalue weighted by molar-refractivity contribution is 5.26. The molecule has 2 atom stereocenters. The van der Waals surface area contributed by atoms with Crippen molar-refractivity contribution in [1.82, 2.24) is 0 Å². The summed E-state index contributed by atoms with van der Waals surface area (Å²) in [7, 11) is 0. The van der Waals surface area contributed by atoms with Crippen molar-refractivity contribution in [2.24, 2.45) is 47.3 Å². The maximum atomic E-state index is 15.9. The lowest BCUT2D eigenvalue weighted by Gasteiger charge is -2.43. The van der Waals surface area contributed by atoms with E-state index in [1.807, 2.05) is 0 Å². The van der Waals surface area contributed by atoms with Crippen LogP contribution < -0.4 is 0 Å².